The number of para-hydroxylation sites is 2. The van der Waals surface area contributed by atoms with Gasteiger partial charge in [-0.3, -0.25) is 4.99 Å². The fraction of sp³-hybridized carbons (Fsp3) is 0.0714. The number of hydrogen-bond acceptors (Lipinski definition) is 1. The maximum Gasteiger partial charge on any atom is 0.0869 e. The lowest BCUT2D eigenvalue weighted by Gasteiger charge is -2.09. The summed E-state index contributed by atoms with van der Waals surface area (Å²) in [7, 11) is 0. The average molecular weight is 243 g/mol. The second-order valence-electron chi connectivity index (χ2n) is 4.11. The minimum absolute atomic E-state index is 0. The first-order chi connectivity index (χ1) is 7.95. The van der Waals surface area contributed by atoms with Crippen molar-refractivity contribution in [2.75, 3.05) is 0 Å². The van der Waals surface area contributed by atoms with Crippen LogP contribution in [0.1, 0.15) is 0 Å². The number of aliphatic imine (C=N–C) groups is 1. The van der Waals surface area contributed by atoms with Crippen LogP contribution < -0.4 is 0 Å². The average Bonchev–Trinajstić information content (AvgIpc) is 2.68. The molecular formula is C14H11ClN2. The van der Waals surface area contributed by atoms with Gasteiger partial charge >= 0.3 is 0 Å². The Morgan fingerprint density at radius 3 is 2.71 bits per heavy atom. The summed E-state index contributed by atoms with van der Waals surface area (Å²) in [5.41, 5.74) is 3.65. The van der Waals surface area contributed by atoms with Gasteiger partial charge in [0, 0.05) is 22.5 Å². The Morgan fingerprint density at radius 1 is 0.941 bits per heavy atom. The van der Waals surface area contributed by atoms with Gasteiger partial charge in [0.25, 0.3) is 0 Å². The van der Waals surface area contributed by atoms with E-state index in [9.17, 15) is 0 Å². The third kappa shape index (κ3) is 1.25. The minimum atomic E-state index is 0. The summed E-state index contributed by atoms with van der Waals surface area (Å²) in [6.45, 7) is 0.876. The molecule has 17 heavy (non-hydrogen) atoms. The lowest BCUT2D eigenvalue weighted by Crippen LogP contribution is -2.01. The van der Waals surface area contributed by atoms with Crippen LogP contribution in [0.4, 0.5) is 5.69 Å². The number of hydrogen-bond donors (Lipinski definition) is 0. The van der Waals surface area contributed by atoms with Crippen LogP contribution in [0.2, 0.25) is 0 Å². The molecule has 0 aliphatic carbocycles. The molecule has 0 bridgehead atoms. The van der Waals surface area contributed by atoms with Gasteiger partial charge in [-0.15, -0.1) is 12.4 Å². The predicted molar refractivity (Wildman–Crippen MR) is 74.8 cm³/mol. The highest BCUT2D eigenvalue weighted by atomic mass is 35.5. The number of benzene rings is 2. The van der Waals surface area contributed by atoms with Crippen molar-refractivity contribution in [1.82, 2.24) is 4.57 Å². The lowest BCUT2D eigenvalue weighted by molar-refractivity contribution is 0.938. The number of fused-ring (bicyclic) bond motifs is 3. The molecule has 1 aliphatic heterocycles. The van der Waals surface area contributed by atoms with Crippen LogP contribution in [0.25, 0.3) is 21.8 Å². The summed E-state index contributed by atoms with van der Waals surface area (Å²) < 4.78 is 2.34. The first-order valence-electron chi connectivity index (χ1n) is 5.47. The van der Waals surface area contributed by atoms with Gasteiger partial charge in [0.15, 0.2) is 0 Å². The number of halogens is 1. The van der Waals surface area contributed by atoms with Crippen molar-refractivity contribution < 1.29 is 0 Å². The third-order valence-corrected chi connectivity index (χ3v) is 3.26. The van der Waals surface area contributed by atoms with Crippen LogP contribution in [-0.2, 0) is 6.54 Å². The van der Waals surface area contributed by atoms with E-state index in [2.05, 4.69) is 52.0 Å². The summed E-state index contributed by atoms with van der Waals surface area (Å²) in [4.78, 5) is 4.46. The Hall–Kier alpha value is -1.80. The van der Waals surface area contributed by atoms with Crippen molar-refractivity contribution in [2.45, 2.75) is 6.54 Å². The molecular weight excluding hydrogens is 232 g/mol. The van der Waals surface area contributed by atoms with Crippen molar-refractivity contribution in [3.8, 4) is 0 Å². The molecule has 2 heterocycles. The van der Waals surface area contributed by atoms with Gasteiger partial charge < -0.3 is 4.57 Å². The first-order valence-corrected chi connectivity index (χ1v) is 5.47. The van der Waals surface area contributed by atoms with E-state index in [0.717, 1.165) is 12.2 Å². The number of rotatable bonds is 0. The Balaban J connectivity index is 0.000000902. The first kappa shape index (κ1) is 10.4. The van der Waals surface area contributed by atoms with Crippen LogP contribution in [0.5, 0.6) is 0 Å². The molecule has 2 nitrogen and oxygen atoms in total. The quantitative estimate of drug-likeness (QED) is 0.568. The fourth-order valence-electron chi connectivity index (χ4n) is 2.60. The van der Waals surface area contributed by atoms with Crippen LogP contribution in [-0.4, -0.2) is 10.8 Å². The molecule has 0 saturated carbocycles. The lowest BCUT2D eigenvalue weighted by atomic mass is 10.1. The minimum Gasteiger partial charge on any atom is -0.333 e. The van der Waals surface area contributed by atoms with E-state index in [1.165, 1.54) is 21.8 Å². The second kappa shape index (κ2) is 3.60. The Labute approximate surface area is 105 Å². The highest BCUT2D eigenvalue weighted by Gasteiger charge is 2.14. The summed E-state index contributed by atoms with van der Waals surface area (Å²) in [6, 6.07) is 14.9. The standard InChI is InChI=1S/C14H10N2.ClH/c1-2-7-13-10(4-1)11-5-3-6-12-14(11)16(13)9-8-15-12;/h1-8H,9H2;1H. The molecule has 3 heteroatoms. The molecule has 84 valence electrons. The van der Waals surface area contributed by atoms with Crippen molar-refractivity contribution in [2.24, 2.45) is 4.99 Å². The highest BCUT2D eigenvalue weighted by molar-refractivity contribution is 6.12. The summed E-state index contributed by atoms with van der Waals surface area (Å²) in [5, 5.41) is 2.63. The Morgan fingerprint density at radius 2 is 1.76 bits per heavy atom. The summed E-state index contributed by atoms with van der Waals surface area (Å²) in [5.74, 6) is 0. The molecule has 2 aromatic carbocycles. The second-order valence-corrected chi connectivity index (χ2v) is 4.11. The van der Waals surface area contributed by atoms with Crippen LogP contribution >= 0.6 is 12.4 Å². The Kier molecular flexibility index (Phi) is 2.20. The zero-order valence-electron chi connectivity index (χ0n) is 9.13. The van der Waals surface area contributed by atoms with Crippen molar-refractivity contribution in [3.63, 3.8) is 0 Å². The predicted octanol–water partition coefficient (Wildman–Crippen LogP) is 3.93. The van der Waals surface area contributed by atoms with E-state index in [0.29, 0.717) is 0 Å². The molecule has 0 N–H and O–H groups in total. The SMILES string of the molecule is C1=Nc2cccc3c4ccccc4n(c23)C1.Cl. The summed E-state index contributed by atoms with van der Waals surface area (Å²) >= 11 is 0. The topological polar surface area (TPSA) is 17.3 Å². The van der Waals surface area contributed by atoms with Crippen molar-refractivity contribution >= 4 is 46.1 Å². The molecule has 1 aliphatic rings. The van der Waals surface area contributed by atoms with E-state index < -0.39 is 0 Å². The van der Waals surface area contributed by atoms with E-state index in [4.69, 9.17) is 0 Å². The Bertz CT molecular complexity index is 740. The fourth-order valence-corrected chi connectivity index (χ4v) is 2.60. The highest BCUT2D eigenvalue weighted by Crippen LogP contribution is 2.35. The maximum absolute atomic E-state index is 4.46. The smallest absolute Gasteiger partial charge is 0.0869 e. The van der Waals surface area contributed by atoms with E-state index in [-0.39, 0.29) is 12.4 Å². The zero-order valence-corrected chi connectivity index (χ0v) is 9.95. The maximum atomic E-state index is 4.46. The number of nitrogens with zero attached hydrogens (tertiary/aromatic N) is 2. The third-order valence-electron chi connectivity index (χ3n) is 3.26. The van der Waals surface area contributed by atoms with Gasteiger partial charge in [0.05, 0.1) is 17.7 Å². The monoisotopic (exact) mass is 242 g/mol. The van der Waals surface area contributed by atoms with Gasteiger partial charge in [-0.2, -0.15) is 0 Å². The normalized spacial score (nSPS) is 12.9. The zero-order chi connectivity index (χ0) is 10.5. The number of aromatic nitrogens is 1. The summed E-state index contributed by atoms with van der Waals surface area (Å²) in [6.07, 6.45) is 1.98. The van der Waals surface area contributed by atoms with Gasteiger partial charge in [-0.1, -0.05) is 30.3 Å². The molecule has 3 aromatic rings. The van der Waals surface area contributed by atoms with Crippen LogP contribution in [0.3, 0.4) is 0 Å². The van der Waals surface area contributed by atoms with Gasteiger partial charge in [0.2, 0.25) is 0 Å². The van der Waals surface area contributed by atoms with Crippen molar-refractivity contribution in [3.05, 3.63) is 42.5 Å². The van der Waals surface area contributed by atoms with E-state index >= 15 is 0 Å². The van der Waals surface area contributed by atoms with Gasteiger partial charge in [-0.25, -0.2) is 0 Å². The molecule has 4 rings (SSSR count). The molecule has 0 radical (unpaired) electrons. The molecule has 0 amide bonds. The largest absolute Gasteiger partial charge is 0.333 e. The molecule has 0 unspecified atom stereocenters. The van der Waals surface area contributed by atoms with E-state index in [1.54, 1.807) is 0 Å². The molecule has 0 fully saturated rings. The molecule has 0 saturated heterocycles. The molecule has 0 spiro atoms. The van der Waals surface area contributed by atoms with Gasteiger partial charge in [-0.05, 0) is 12.1 Å². The van der Waals surface area contributed by atoms with Crippen LogP contribution in [0, 0.1) is 0 Å². The molecule has 0 atom stereocenters. The van der Waals surface area contributed by atoms with Gasteiger partial charge in [0.1, 0.15) is 0 Å². The van der Waals surface area contributed by atoms with E-state index in [1.807, 2.05) is 6.21 Å². The molecule has 1 aromatic heterocycles. The van der Waals surface area contributed by atoms with Crippen LogP contribution in [0.15, 0.2) is 47.5 Å². The van der Waals surface area contributed by atoms with Crippen molar-refractivity contribution in [1.29, 1.82) is 0 Å².